The van der Waals surface area contributed by atoms with Crippen molar-refractivity contribution in [1.82, 2.24) is 0 Å². The van der Waals surface area contributed by atoms with Gasteiger partial charge in [-0.25, -0.2) is 4.79 Å². The van der Waals surface area contributed by atoms with E-state index in [1.807, 2.05) is 6.07 Å². The molecule has 0 bridgehead atoms. The van der Waals surface area contributed by atoms with E-state index in [0.29, 0.717) is 10.8 Å². The monoisotopic (exact) mass is 211 g/mol. The summed E-state index contributed by atoms with van der Waals surface area (Å²) in [5.74, 6) is -0.900. The van der Waals surface area contributed by atoms with Crippen LogP contribution in [0.4, 0.5) is 5.69 Å². The number of rotatable bonds is 4. The fraction of sp³-hybridized carbons (Fsp3) is 0.300. The molecule has 0 heterocycles. The van der Waals surface area contributed by atoms with Crippen molar-refractivity contribution in [3.05, 3.63) is 29.8 Å². The molecule has 0 unspecified atom stereocenters. The van der Waals surface area contributed by atoms with E-state index in [2.05, 4.69) is 18.6 Å². The van der Waals surface area contributed by atoms with Gasteiger partial charge in [-0.05, 0) is 30.1 Å². The molecule has 14 heavy (non-hydrogen) atoms. The molecule has 0 saturated heterocycles. The largest absolute Gasteiger partial charge is 0.478 e. The smallest absolute Gasteiger partial charge is 0.335 e. The van der Waals surface area contributed by atoms with Crippen LogP contribution in [0, 0.1) is 0 Å². The molecule has 0 atom stereocenters. The number of aromatic carboxylic acids is 1. The van der Waals surface area contributed by atoms with Crippen LogP contribution in [-0.4, -0.2) is 16.3 Å². The number of hydrogen-bond acceptors (Lipinski definition) is 3. The number of hydrogen-bond donors (Lipinski definition) is 2. The maximum Gasteiger partial charge on any atom is 0.335 e. The van der Waals surface area contributed by atoms with E-state index < -0.39 is 5.97 Å². The molecule has 76 valence electrons. The van der Waals surface area contributed by atoms with Crippen molar-refractivity contribution in [3.63, 3.8) is 0 Å². The lowest BCUT2D eigenvalue weighted by Crippen LogP contribution is -1.98. The minimum absolute atomic E-state index is 0.305. The van der Waals surface area contributed by atoms with Crippen molar-refractivity contribution in [2.45, 2.75) is 19.1 Å². The normalized spacial score (nSPS) is 10.2. The molecule has 0 fully saturated rings. The van der Waals surface area contributed by atoms with Crippen LogP contribution in [0.25, 0.3) is 0 Å². The zero-order valence-corrected chi connectivity index (χ0v) is 8.97. The highest BCUT2D eigenvalue weighted by molar-refractivity contribution is 8.01. The molecule has 0 saturated carbocycles. The summed E-state index contributed by atoms with van der Waals surface area (Å²) in [5.41, 5.74) is 1.13. The Morgan fingerprint density at radius 3 is 2.79 bits per heavy atom. The minimum atomic E-state index is -0.900. The zero-order valence-electron chi connectivity index (χ0n) is 8.15. The molecule has 1 aromatic rings. The third-order valence-corrected chi connectivity index (χ3v) is 2.35. The molecule has 4 heteroatoms. The average molecular weight is 211 g/mol. The van der Waals surface area contributed by atoms with E-state index in [4.69, 9.17) is 5.11 Å². The number of nitrogens with one attached hydrogen (secondary N) is 1. The SMILES string of the molecule is CC(C)SNc1cccc(C(=O)O)c1. The quantitative estimate of drug-likeness (QED) is 0.752. The van der Waals surface area contributed by atoms with Crippen LogP contribution in [0.2, 0.25) is 0 Å². The van der Waals surface area contributed by atoms with Gasteiger partial charge in [-0.2, -0.15) is 0 Å². The van der Waals surface area contributed by atoms with Gasteiger partial charge in [-0.3, -0.25) is 0 Å². The molecule has 0 aliphatic rings. The Labute approximate surface area is 87.7 Å². The first-order valence-electron chi connectivity index (χ1n) is 4.34. The molecule has 0 aliphatic heterocycles. The summed E-state index contributed by atoms with van der Waals surface area (Å²) in [7, 11) is 0. The van der Waals surface area contributed by atoms with Crippen LogP contribution >= 0.6 is 11.9 Å². The van der Waals surface area contributed by atoms with E-state index >= 15 is 0 Å². The lowest BCUT2D eigenvalue weighted by atomic mass is 10.2. The molecule has 1 aromatic carbocycles. The Morgan fingerprint density at radius 2 is 2.21 bits per heavy atom. The number of carboxylic acids is 1. The Bertz CT molecular complexity index is 326. The second-order valence-electron chi connectivity index (χ2n) is 3.15. The molecular formula is C10H13NO2S. The van der Waals surface area contributed by atoms with E-state index in [-0.39, 0.29) is 0 Å². The van der Waals surface area contributed by atoms with Gasteiger partial charge in [-0.15, -0.1) is 0 Å². The van der Waals surface area contributed by atoms with Crippen molar-refractivity contribution in [2.75, 3.05) is 4.72 Å². The molecule has 2 N–H and O–H groups in total. The third-order valence-electron chi connectivity index (χ3n) is 1.52. The first-order chi connectivity index (χ1) is 6.59. The maximum atomic E-state index is 10.7. The fourth-order valence-electron chi connectivity index (χ4n) is 0.902. The zero-order chi connectivity index (χ0) is 10.6. The van der Waals surface area contributed by atoms with Gasteiger partial charge < -0.3 is 9.83 Å². The van der Waals surface area contributed by atoms with Crippen LogP contribution in [0.5, 0.6) is 0 Å². The summed E-state index contributed by atoms with van der Waals surface area (Å²) >= 11 is 1.56. The molecule has 0 aromatic heterocycles. The summed E-state index contributed by atoms with van der Waals surface area (Å²) in [6.45, 7) is 4.14. The van der Waals surface area contributed by atoms with E-state index in [1.165, 1.54) is 0 Å². The molecule has 0 amide bonds. The summed E-state index contributed by atoms with van der Waals surface area (Å²) in [5, 5.41) is 9.21. The molecular weight excluding hydrogens is 198 g/mol. The highest BCUT2D eigenvalue weighted by atomic mass is 32.2. The van der Waals surface area contributed by atoms with Crippen LogP contribution in [-0.2, 0) is 0 Å². The maximum absolute atomic E-state index is 10.7. The highest BCUT2D eigenvalue weighted by Gasteiger charge is 2.03. The Hall–Kier alpha value is -1.16. The highest BCUT2D eigenvalue weighted by Crippen LogP contribution is 2.17. The van der Waals surface area contributed by atoms with Crippen molar-refractivity contribution in [3.8, 4) is 0 Å². The van der Waals surface area contributed by atoms with Crippen LogP contribution in [0.1, 0.15) is 24.2 Å². The van der Waals surface area contributed by atoms with Crippen LogP contribution in [0.15, 0.2) is 24.3 Å². The van der Waals surface area contributed by atoms with Crippen molar-refractivity contribution >= 4 is 23.6 Å². The lowest BCUT2D eigenvalue weighted by molar-refractivity contribution is 0.0697. The van der Waals surface area contributed by atoms with Gasteiger partial charge in [0.1, 0.15) is 0 Å². The van der Waals surface area contributed by atoms with Crippen molar-refractivity contribution < 1.29 is 9.90 Å². The molecule has 0 aliphatic carbocycles. The van der Waals surface area contributed by atoms with Crippen molar-refractivity contribution in [2.24, 2.45) is 0 Å². The molecule has 3 nitrogen and oxygen atoms in total. The molecule has 0 radical (unpaired) electrons. The summed E-state index contributed by atoms with van der Waals surface area (Å²) < 4.78 is 3.09. The van der Waals surface area contributed by atoms with Gasteiger partial charge in [0, 0.05) is 10.9 Å². The van der Waals surface area contributed by atoms with Gasteiger partial charge in [0.05, 0.1) is 5.56 Å². The van der Waals surface area contributed by atoms with Crippen molar-refractivity contribution in [1.29, 1.82) is 0 Å². The summed E-state index contributed by atoms with van der Waals surface area (Å²) in [4.78, 5) is 10.7. The number of carbonyl (C=O) groups is 1. The second-order valence-corrected chi connectivity index (χ2v) is 4.54. The molecule has 0 spiro atoms. The van der Waals surface area contributed by atoms with Gasteiger partial charge in [0.2, 0.25) is 0 Å². The van der Waals surface area contributed by atoms with E-state index in [0.717, 1.165) is 5.69 Å². The minimum Gasteiger partial charge on any atom is -0.478 e. The predicted octanol–water partition coefficient (Wildman–Crippen LogP) is 2.85. The van der Waals surface area contributed by atoms with E-state index in [1.54, 1.807) is 30.1 Å². The number of benzene rings is 1. The Kier molecular flexibility index (Phi) is 3.83. The summed E-state index contributed by atoms with van der Waals surface area (Å²) in [6.07, 6.45) is 0. The van der Waals surface area contributed by atoms with Crippen LogP contribution in [0.3, 0.4) is 0 Å². The third kappa shape index (κ3) is 3.30. The van der Waals surface area contributed by atoms with Gasteiger partial charge >= 0.3 is 5.97 Å². The number of anilines is 1. The average Bonchev–Trinajstić information content (AvgIpc) is 2.15. The fourth-order valence-corrected chi connectivity index (χ4v) is 1.40. The van der Waals surface area contributed by atoms with Gasteiger partial charge in [0.15, 0.2) is 0 Å². The first kappa shape index (κ1) is 10.9. The number of carboxylic acid groups (broad SMARTS) is 1. The molecule has 1 rings (SSSR count). The van der Waals surface area contributed by atoms with Gasteiger partial charge in [0.25, 0.3) is 0 Å². The Morgan fingerprint density at radius 1 is 1.50 bits per heavy atom. The predicted molar refractivity (Wildman–Crippen MR) is 59.8 cm³/mol. The van der Waals surface area contributed by atoms with Gasteiger partial charge in [-0.1, -0.05) is 19.9 Å². The second kappa shape index (κ2) is 4.91. The standard InChI is InChI=1S/C10H13NO2S/c1-7(2)14-11-9-5-3-4-8(6-9)10(12)13/h3-7,11H,1-2H3,(H,12,13). The van der Waals surface area contributed by atoms with E-state index in [9.17, 15) is 4.79 Å². The topological polar surface area (TPSA) is 49.3 Å². The first-order valence-corrected chi connectivity index (χ1v) is 5.22. The Balaban J connectivity index is 2.69. The van der Waals surface area contributed by atoms with Crippen LogP contribution < -0.4 is 4.72 Å². The summed E-state index contributed by atoms with van der Waals surface area (Å²) in [6, 6.07) is 6.78. The lowest BCUT2D eigenvalue weighted by Gasteiger charge is -2.07.